The number of oxazole rings is 1. The van der Waals surface area contributed by atoms with E-state index in [0.717, 1.165) is 0 Å². The largest absolute Gasteiger partial charge is 0.490 e. The second-order valence-electron chi connectivity index (χ2n) is 15.2. The minimum absolute atomic E-state index is 0.0104. The van der Waals surface area contributed by atoms with Gasteiger partial charge in [-0.25, -0.2) is 19.3 Å². The fraction of sp³-hybridized carbons (Fsp3) is 0.425. The van der Waals surface area contributed by atoms with Crippen molar-refractivity contribution in [2.75, 3.05) is 39.3 Å². The summed E-state index contributed by atoms with van der Waals surface area (Å²) in [7, 11) is 0. The average Bonchev–Trinajstić information content (AvgIpc) is 3.87. The molecule has 2 aromatic carbocycles. The second-order valence-corrected chi connectivity index (χ2v) is 15.2. The maximum Gasteiger partial charge on any atom is 0.405 e. The van der Waals surface area contributed by atoms with Crippen LogP contribution in [0.4, 0.5) is 17.6 Å². The molecule has 0 aliphatic carbocycles. The number of hydrogen-bond acceptors (Lipinski definition) is 11. The number of nitrogens with one attached hydrogen (secondary N) is 2. The number of unbranched alkanes of at least 4 members (excludes halogenated alkanes) is 1. The summed E-state index contributed by atoms with van der Waals surface area (Å²) in [5.41, 5.74) is -2.33. The van der Waals surface area contributed by atoms with E-state index in [9.17, 15) is 37.4 Å². The number of hydrogen-bond donors (Lipinski definition) is 4. The summed E-state index contributed by atoms with van der Waals surface area (Å²) in [6.07, 6.45) is -1.11. The number of fused-ring (bicyclic) bond motifs is 2. The lowest BCUT2D eigenvalue weighted by atomic mass is 9.86. The maximum atomic E-state index is 14.3. The number of carbonyl (C=O) groups is 2. The van der Waals surface area contributed by atoms with Gasteiger partial charge in [-0.3, -0.25) is 19.0 Å². The molecule has 5 heterocycles. The van der Waals surface area contributed by atoms with Crippen LogP contribution in [-0.4, -0.2) is 104 Å². The van der Waals surface area contributed by atoms with Gasteiger partial charge in [-0.05, 0) is 69.2 Å². The number of β-amino-alcohol motifs (C(OH)–C–C–N with tert-alkyl or cyclic N) is 1. The van der Waals surface area contributed by atoms with E-state index in [2.05, 4.69) is 20.3 Å². The van der Waals surface area contributed by atoms with Gasteiger partial charge in [-0.15, -0.1) is 0 Å². The van der Waals surface area contributed by atoms with Crippen LogP contribution in [-0.2, 0) is 21.7 Å². The minimum atomic E-state index is -4.79. The van der Waals surface area contributed by atoms with Crippen molar-refractivity contribution in [3.8, 4) is 17.1 Å². The fourth-order valence-electron chi connectivity index (χ4n) is 8.10. The van der Waals surface area contributed by atoms with Gasteiger partial charge < -0.3 is 34.4 Å². The van der Waals surface area contributed by atoms with Gasteiger partial charge in [0.25, 0.3) is 5.72 Å². The first kappa shape index (κ1) is 40.8. The van der Waals surface area contributed by atoms with Crippen LogP contribution < -0.4 is 15.4 Å². The Labute approximate surface area is 330 Å². The summed E-state index contributed by atoms with van der Waals surface area (Å²) in [5, 5.41) is 30.2. The fourth-order valence-corrected chi connectivity index (χ4v) is 8.10. The SMILES string of the molecule is CC(C)(c1ncc(-c2ccc(F)cc2)o1)N1CC[N@+](CCCCC(=O)NCc2cc3cncnc3o2)([C@H]2c3ccccc3OC[C@H]2O)[C@@](O)(C(=O)NCC(F)(F)F)C1. The number of aliphatic hydroxyl groups excluding tert-OH is 1. The molecule has 2 amide bonds. The zero-order valence-corrected chi connectivity index (χ0v) is 31.8. The molecule has 0 radical (unpaired) electrons. The summed E-state index contributed by atoms with van der Waals surface area (Å²) in [6.45, 7) is 1.33. The van der Waals surface area contributed by atoms with Crippen LogP contribution in [0.3, 0.4) is 0 Å². The van der Waals surface area contributed by atoms with E-state index < -0.39 is 58.9 Å². The Morgan fingerprint density at radius 3 is 2.57 bits per heavy atom. The van der Waals surface area contributed by atoms with Gasteiger partial charge in [0.15, 0.2) is 11.8 Å². The summed E-state index contributed by atoms with van der Waals surface area (Å²) in [4.78, 5) is 41.5. The molecule has 0 spiro atoms. The number of para-hydroxylation sites is 1. The van der Waals surface area contributed by atoms with E-state index in [1.54, 1.807) is 55.3 Å². The number of benzene rings is 2. The number of aromatic nitrogens is 3. The smallest absolute Gasteiger partial charge is 0.405 e. The summed E-state index contributed by atoms with van der Waals surface area (Å²) in [6, 6.07) is 13.1. The zero-order valence-electron chi connectivity index (χ0n) is 31.8. The van der Waals surface area contributed by atoms with Crippen LogP contribution in [0.5, 0.6) is 5.75 Å². The molecule has 2 aliphatic rings. The molecule has 14 nitrogen and oxygen atoms in total. The molecule has 18 heteroatoms. The number of ether oxygens (including phenoxy) is 1. The minimum Gasteiger partial charge on any atom is -0.490 e. The lowest BCUT2D eigenvalue weighted by Gasteiger charge is -2.60. The van der Waals surface area contributed by atoms with Crippen LogP contribution >= 0.6 is 0 Å². The maximum absolute atomic E-state index is 14.3. The van der Waals surface area contributed by atoms with Crippen molar-refractivity contribution in [3.05, 3.63) is 96.3 Å². The van der Waals surface area contributed by atoms with Crippen LogP contribution in [0.25, 0.3) is 22.4 Å². The summed E-state index contributed by atoms with van der Waals surface area (Å²) >= 11 is 0. The number of piperazine rings is 1. The quantitative estimate of drug-likeness (QED) is 0.0735. The second kappa shape index (κ2) is 16.1. The number of amides is 2. The molecule has 4 atom stereocenters. The van der Waals surface area contributed by atoms with Crippen molar-refractivity contribution >= 4 is 22.9 Å². The van der Waals surface area contributed by atoms with E-state index in [1.165, 1.54) is 36.8 Å². The number of alkyl halides is 3. The molecule has 0 saturated carbocycles. The highest BCUT2D eigenvalue weighted by atomic mass is 19.4. The van der Waals surface area contributed by atoms with Gasteiger partial charge in [0.05, 0.1) is 48.9 Å². The Morgan fingerprint density at radius 1 is 1.03 bits per heavy atom. The molecular weight excluding hydrogens is 766 g/mol. The molecule has 7 rings (SSSR count). The molecule has 4 N–H and O–H groups in total. The van der Waals surface area contributed by atoms with Crippen LogP contribution in [0.1, 0.15) is 56.4 Å². The van der Waals surface area contributed by atoms with Crippen LogP contribution in [0.15, 0.2) is 82.2 Å². The third kappa shape index (κ3) is 8.14. The van der Waals surface area contributed by atoms with Gasteiger partial charge in [0.2, 0.25) is 17.5 Å². The Hall–Kier alpha value is -5.43. The molecule has 1 saturated heterocycles. The molecule has 0 bridgehead atoms. The number of furan rings is 1. The Balaban J connectivity index is 1.18. The standard InChI is InChI=1S/C40H43F4N7O7/c1-38(2,37-47-20-32(58-37)25-10-12-27(41)13-11-25)50-14-16-51(39(55,23-50)36(54)48-22-40(42,43)44,34-29-7-3-4-8-31(29)56-21-30(34)52)15-6-5-9-33(53)46-19-28-17-26-18-45-24-49-35(26)57-28/h3-4,7-8,10-13,17-18,20,24,30,34,52,55H,5-6,9,14-16,19,21-23H2,1-2H3,(H-,46,48,53,54)/p+1/t30-,34+,39+,51-/m1/s1. The number of quaternary nitrogens is 1. The Kier molecular flexibility index (Phi) is 11.3. The summed E-state index contributed by atoms with van der Waals surface area (Å²) < 4.78 is 71.7. The molecule has 0 unspecified atom stereocenters. The third-order valence-electron chi connectivity index (χ3n) is 11.1. The van der Waals surface area contributed by atoms with Crippen molar-refractivity contribution in [2.45, 2.75) is 69.2 Å². The number of aliphatic hydroxyl groups is 2. The first-order chi connectivity index (χ1) is 27.6. The van der Waals surface area contributed by atoms with Crippen LogP contribution in [0, 0.1) is 5.82 Å². The van der Waals surface area contributed by atoms with E-state index in [4.69, 9.17) is 13.6 Å². The van der Waals surface area contributed by atoms with Crippen molar-refractivity contribution in [1.82, 2.24) is 30.5 Å². The van der Waals surface area contributed by atoms with Gasteiger partial charge in [0, 0.05) is 24.7 Å². The highest BCUT2D eigenvalue weighted by Gasteiger charge is 2.66. The topological polar surface area (TPSA) is 176 Å². The molecule has 308 valence electrons. The predicted octanol–water partition coefficient (Wildman–Crippen LogP) is 4.73. The molecule has 58 heavy (non-hydrogen) atoms. The average molecular weight is 811 g/mol. The van der Waals surface area contributed by atoms with E-state index in [1.807, 2.05) is 5.32 Å². The van der Waals surface area contributed by atoms with Crippen molar-refractivity contribution in [3.63, 3.8) is 0 Å². The van der Waals surface area contributed by atoms with Gasteiger partial charge >= 0.3 is 12.1 Å². The normalized spacial score (nSPS) is 22.6. The lowest BCUT2D eigenvalue weighted by Crippen LogP contribution is -2.81. The Morgan fingerprint density at radius 2 is 1.81 bits per heavy atom. The molecule has 3 aromatic heterocycles. The van der Waals surface area contributed by atoms with Gasteiger partial charge in [-0.2, -0.15) is 13.2 Å². The highest BCUT2D eigenvalue weighted by Crippen LogP contribution is 2.48. The lowest BCUT2D eigenvalue weighted by molar-refractivity contribution is -1.02. The highest BCUT2D eigenvalue weighted by molar-refractivity contribution is 5.84. The number of nitrogens with zero attached hydrogens (tertiary/aromatic N) is 5. The predicted molar refractivity (Wildman–Crippen MR) is 199 cm³/mol. The van der Waals surface area contributed by atoms with E-state index in [-0.39, 0.29) is 63.8 Å². The van der Waals surface area contributed by atoms with Gasteiger partial charge in [-0.1, -0.05) is 12.1 Å². The monoisotopic (exact) mass is 810 g/mol. The molecule has 2 aliphatic heterocycles. The van der Waals surface area contributed by atoms with E-state index in [0.29, 0.717) is 39.5 Å². The van der Waals surface area contributed by atoms with Crippen molar-refractivity contribution in [1.29, 1.82) is 0 Å². The van der Waals surface area contributed by atoms with Crippen molar-refractivity contribution in [2.24, 2.45) is 0 Å². The molecule has 1 fully saturated rings. The number of rotatable bonds is 13. The van der Waals surface area contributed by atoms with Crippen LogP contribution in [0.2, 0.25) is 0 Å². The molecular formula is C40H44F4N7O7+. The first-order valence-electron chi connectivity index (χ1n) is 18.9. The molecule has 5 aromatic rings. The van der Waals surface area contributed by atoms with E-state index >= 15 is 0 Å². The van der Waals surface area contributed by atoms with Gasteiger partial charge in [0.1, 0.15) is 42.9 Å². The van der Waals surface area contributed by atoms with Crippen molar-refractivity contribution < 1.29 is 55.4 Å². The zero-order chi connectivity index (χ0) is 41.3. The Bertz CT molecular complexity index is 2210. The number of halogens is 4. The number of carbonyl (C=O) groups excluding carboxylic acids is 2. The summed E-state index contributed by atoms with van der Waals surface area (Å²) in [5.74, 6) is -0.617. The third-order valence-corrected chi connectivity index (χ3v) is 11.1. The first-order valence-corrected chi connectivity index (χ1v) is 18.9.